The van der Waals surface area contributed by atoms with E-state index in [4.69, 9.17) is 4.74 Å². The third kappa shape index (κ3) is 1.93. The first-order valence-corrected chi connectivity index (χ1v) is 10.4. The molecule has 2 aliphatic heterocycles. The van der Waals surface area contributed by atoms with Gasteiger partial charge in [0.2, 0.25) is 0 Å². The third-order valence-electron chi connectivity index (χ3n) is 7.95. The summed E-state index contributed by atoms with van der Waals surface area (Å²) < 4.78 is 6.26. The summed E-state index contributed by atoms with van der Waals surface area (Å²) in [7, 11) is 0. The van der Waals surface area contributed by atoms with E-state index in [0.29, 0.717) is 18.6 Å². The minimum Gasteiger partial charge on any atom is -0.504 e. The fourth-order valence-electron chi connectivity index (χ4n) is 6.64. The van der Waals surface area contributed by atoms with E-state index in [2.05, 4.69) is 4.90 Å². The quantitative estimate of drug-likeness (QED) is 0.692. The number of rotatable bonds is 3. The summed E-state index contributed by atoms with van der Waals surface area (Å²) in [5, 5.41) is 32.0. The van der Waals surface area contributed by atoms with E-state index in [1.165, 1.54) is 18.9 Å². The third-order valence-corrected chi connectivity index (χ3v) is 7.95. The molecule has 28 heavy (non-hydrogen) atoms. The highest BCUT2D eigenvalue weighted by Gasteiger charge is 2.72. The summed E-state index contributed by atoms with van der Waals surface area (Å²) in [6.07, 6.45) is 5.80. The average Bonchev–Trinajstić information content (AvgIpc) is 3.38. The highest BCUT2D eigenvalue weighted by Crippen LogP contribution is 2.66. The van der Waals surface area contributed by atoms with Crippen molar-refractivity contribution in [1.82, 2.24) is 4.90 Å². The zero-order chi connectivity index (χ0) is 19.3. The van der Waals surface area contributed by atoms with E-state index in [-0.39, 0.29) is 11.8 Å². The second-order valence-electron chi connectivity index (χ2n) is 9.31. The number of aromatic hydroxyl groups is 1. The van der Waals surface area contributed by atoms with Crippen LogP contribution < -0.4 is 4.74 Å². The van der Waals surface area contributed by atoms with Crippen LogP contribution in [0.25, 0.3) is 0 Å². The van der Waals surface area contributed by atoms with Gasteiger partial charge in [0, 0.05) is 24.2 Å². The molecule has 0 aromatic heterocycles. The van der Waals surface area contributed by atoms with Gasteiger partial charge in [0.15, 0.2) is 11.5 Å². The van der Waals surface area contributed by atoms with Crippen molar-refractivity contribution < 1.29 is 24.9 Å². The lowest BCUT2D eigenvalue weighted by Crippen LogP contribution is -2.75. The van der Waals surface area contributed by atoms with Gasteiger partial charge in [-0.15, -0.1) is 0 Å². The zero-order valence-electron chi connectivity index (χ0n) is 15.7. The molecule has 3 fully saturated rings. The molecule has 6 heteroatoms. The number of hydrogen-bond donors (Lipinski definition) is 3. The number of aliphatic carboxylic acids is 1. The van der Waals surface area contributed by atoms with Crippen LogP contribution in [0.3, 0.4) is 0 Å². The summed E-state index contributed by atoms with van der Waals surface area (Å²) in [5.74, 6) is 0.294. The molecule has 3 aliphatic carbocycles. The van der Waals surface area contributed by atoms with E-state index in [1.807, 2.05) is 6.07 Å². The van der Waals surface area contributed by atoms with Crippen molar-refractivity contribution in [2.24, 2.45) is 5.92 Å². The summed E-state index contributed by atoms with van der Waals surface area (Å²) in [6, 6.07) is 3.65. The summed E-state index contributed by atoms with van der Waals surface area (Å²) >= 11 is 0. The van der Waals surface area contributed by atoms with Gasteiger partial charge in [-0.1, -0.05) is 6.07 Å². The maximum Gasteiger partial charge on any atom is 0.328 e. The largest absolute Gasteiger partial charge is 0.504 e. The molecule has 3 N–H and O–H groups in total. The van der Waals surface area contributed by atoms with Crippen molar-refractivity contribution in [1.29, 1.82) is 0 Å². The van der Waals surface area contributed by atoms with Crippen LogP contribution in [-0.4, -0.2) is 57.0 Å². The molecule has 6 nitrogen and oxygen atoms in total. The Bertz CT molecular complexity index is 922. The molecule has 1 saturated heterocycles. The SMILES string of the molecule is O=C(O)/C=C1\CC[C@@]2(O)[C@H]3Cc4ccc(O)c5c4[C@@]2(CCN3CC2CC2)C1O5. The number of likely N-dealkylation sites (tertiary alicyclic amines) is 1. The Balaban J connectivity index is 1.56. The Morgan fingerprint density at radius 2 is 2.14 bits per heavy atom. The van der Waals surface area contributed by atoms with Crippen LogP contribution in [0.5, 0.6) is 11.5 Å². The predicted molar refractivity (Wildman–Crippen MR) is 101 cm³/mol. The van der Waals surface area contributed by atoms with Gasteiger partial charge in [-0.05, 0) is 68.2 Å². The lowest BCUT2D eigenvalue weighted by Gasteiger charge is -2.63. The molecule has 1 aromatic rings. The molecular weight excluding hydrogens is 358 g/mol. The van der Waals surface area contributed by atoms with Crippen molar-refractivity contribution in [2.75, 3.05) is 13.1 Å². The lowest BCUT2D eigenvalue weighted by atomic mass is 9.48. The topological polar surface area (TPSA) is 90.2 Å². The van der Waals surface area contributed by atoms with E-state index < -0.39 is 23.1 Å². The number of phenols is 1. The standard InChI is InChI=1S/C22H25NO5/c24-15-4-3-13-9-16-22(27)6-5-14(10-17(25)26)20-21(22,18(13)19(15)28-20)7-8-23(16)11-12-1-2-12/h3-4,10,12,16,20,24,27H,1-2,5-9,11H2,(H,25,26)/b14-10+/t16-,20?,21+,22-/m1/s1. The van der Waals surface area contributed by atoms with Gasteiger partial charge >= 0.3 is 5.97 Å². The van der Waals surface area contributed by atoms with Crippen LogP contribution >= 0.6 is 0 Å². The number of hydrogen-bond acceptors (Lipinski definition) is 5. The molecule has 1 aromatic carbocycles. The van der Waals surface area contributed by atoms with Gasteiger partial charge in [-0.25, -0.2) is 4.79 Å². The molecule has 2 saturated carbocycles. The van der Waals surface area contributed by atoms with Crippen LogP contribution in [0.4, 0.5) is 0 Å². The first-order chi connectivity index (χ1) is 13.4. The van der Waals surface area contributed by atoms with E-state index in [9.17, 15) is 20.1 Å². The molecule has 148 valence electrons. The normalized spacial score (nSPS) is 39.5. The van der Waals surface area contributed by atoms with Crippen molar-refractivity contribution in [3.63, 3.8) is 0 Å². The summed E-state index contributed by atoms with van der Waals surface area (Å²) in [4.78, 5) is 13.9. The Morgan fingerprint density at radius 3 is 2.89 bits per heavy atom. The molecular formula is C22H25NO5. The van der Waals surface area contributed by atoms with Crippen LogP contribution in [0, 0.1) is 5.92 Å². The predicted octanol–water partition coefficient (Wildman–Crippen LogP) is 1.97. The number of benzene rings is 1. The van der Waals surface area contributed by atoms with Crippen LogP contribution in [-0.2, 0) is 16.6 Å². The summed E-state index contributed by atoms with van der Waals surface area (Å²) in [5.41, 5.74) is 1.14. The molecule has 1 spiro atoms. The molecule has 5 aliphatic rings. The molecule has 4 atom stereocenters. The number of carboxylic acids is 1. The van der Waals surface area contributed by atoms with Crippen LogP contribution in [0.1, 0.15) is 43.2 Å². The fourth-order valence-corrected chi connectivity index (χ4v) is 6.64. The Kier molecular flexibility index (Phi) is 3.19. The van der Waals surface area contributed by atoms with E-state index in [1.54, 1.807) is 6.07 Å². The molecule has 6 rings (SSSR count). The second-order valence-corrected chi connectivity index (χ2v) is 9.31. The number of nitrogens with zero attached hydrogens (tertiary/aromatic N) is 1. The number of carboxylic acid groups (broad SMARTS) is 1. The second kappa shape index (κ2) is 5.30. The minimum absolute atomic E-state index is 0.0160. The number of phenolic OH excluding ortho intramolecular Hbond substituents is 1. The van der Waals surface area contributed by atoms with Gasteiger partial charge < -0.3 is 20.1 Å². The maximum absolute atomic E-state index is 12.2. The molecule has 2 heterocycles. The van der Waals surface area contributed by atoms with Gasteiger partial charge in [-0.3, -0.25) is 4.90 Å². The minimum atomic E-state index is -0.987. The molecule has 2 bridgehead atoms. The van der Waals surface area contributed by atoms with Crippen LogP contribution in [0.15, 0.2) is 23.8 Å². The fraction of sp³-hybridized carbons (Fsp3) is 0.591. The van der Waals surface area contributed by atoms with Crippen molar-refractivity contribution >= 4 is 5.97 Å². The van der Waals surface area contributed by atoms with Crippen molar-refractivity contribution in [3.05, 3.63) is 34.9 Å². The number of ether oxygens (including phenoxy) is 1. The van der Waals surface area contributed by atoms with Crippen molar-refractivity contribution in [3.8, 4) is 11.5 Å². The summed E-state index contributed by atoms with van der Waals surface area (Å²) in [6.45, 7) is 1.91. The average molecular weight is 383 g/mol. The van der Waals surface area contributed by atoms with Gasteiger partial charge in [-0.2, -0.15) is 0 Å². The monoisotopic (exact) mass is 383 g/mol. The van der Waals surface area contributed by atoms with Crippen molar-refractivity contribution in [2.45, 2.75) is 61.7 Å². The van der Waals surface area contributed by atoms with Gasteiger partial charge in [0.25, 0.3) is 0 Å². The molecule has 0 amide bonds. The number of piperidine rings is 1. The maximum atomic E-state index is 12.2. The van der Waals surface area contributed by atoms with E-state index in [0.717, 1.165) is 48.5 Å². The van der Waals surface area contributed by atoms with Crippen LogP contribution in [0.2, 0.25) is 0 Å². The first kappa shape index (κ1) is 16.9. The number of aliphatic hydroxyl groups is 1. The highest BCUT2D eigenvalue weighted by atomic mass is 16.5. The molecule has 0 radical (unpaired) electrons. The number of carbonyl (C=O) groups is 1. The molecule has 1 unspecified atom stereocenters. The smallest absolute Gasteiger partial charge is 0.328 e. The first-order valence-electron chi connectivity index (χ1n) is 10.4. The Labute approximate surface area is 163 Å². The van der Waals surface area contributed by atoms with Gasteiger partial charge in [0.1, 0.15) is 6.10 Å². The Hall–Kier alpha value is -2.05. The van der Waals surface area contributed by atoms with E-state index >= 15 is 0 Å². The highest BCUT2D eigenvalue weighted by molar-refractivity contribution is 5.81. The Morgan fingerprint density at radius 1 is 1.32 bits per heavy atom. The lowest BCUT2D eigenvalue weighted by molar-refractivity contribution is -0.174. The van der Waals surface area contributed by atoms with Gasteiger partial charge in [0.05, 0.1) is 11.0 Å². The zero-order valence-corrected chi connectivity index (χ0v) is 15.7.